The topological polar surface area (TPSA) is 91.3 Å². The van der Waals surface area contributed by atoms with E-state index in [1.54, 1.807) is 6.92 Å². The lowest BCUT2D eigenvalue weighted by Gasteiger charge is -2.21. The lowest BCUT2D eigenvalue weighted by molar-refractivity contribution is -0.216. The summed E-state index contributed by atoms with van der Waals surface area (Å²) in [5, 5.41) is 9.31. The molecule has 1 aliphatic rings. The highest BCUT2D eigenvalue weighted by molar-refractivity contribution is 6.01. The molecule has 1 atom stereocenters. The van der Waals surface area contributed by atoms with Gasteiger partial charge in [-0.1, -0.05) is 30.3 Å². The van der Waals surface area contributed by atoms with Crippen molar-refractivity contribution in [3.05, 3.63) is 47.9 Å². The lowest BCUT2D eigenvalue weighted by Crippen LogP contribution is -2.49. The van der Waals surface area contributed by atoms with Crippen LogP contribution < -0.4 is 0 Å². The van der Waals surface area contributed by atoms with Crippen molar-refractivity contribution in [2.75, 3.05) is 19.8 Å². The van der Waals surface area contributed by atoms with Crippen LogP contribution >= 0.6 is 0 Å². The van der Waals surface area contributed by atoms with Crippen molar-refractivity contribution in [2.45, 2.75) is 19.1 Å². The molecule has 2 rings (SSSR count). The van der Waals surface area contributed by atoms with E-state index in [1.165, 1.54) is 0 Å². The van der Waals surface area contributed by atoms with Crippen LogP contribution in [0.4, 0.5) is 0 Å². The van der Waals surface area contributed by atoms with E-state index >= 15 is 0 Å². The maximum absolute atomic E-state index is 12.0. The first-order chi connectivity index (χ1) is 11.1. The van der Waals surface area contributed by atoms with Crippen LogP contribution in [0.25, 0.3) is 0 Å². The molecule has 1 aromatic rings. The highest BCUT2D eigenvalue weighted by atomic mass is 16.8. The second-order valence-electron chi connectivity index (χ2n) is 4.72. The maximum Gasteiger partial charge on any atom is 0.452 e. The lowest BCUT2D eigenvalue weighted by atomic mass is 10.1. The van der Waals surface area contributed by atoms with Crippen LogP contribution in [-0.2, 0) is 35.0 Å². The largest absolute Gasteiger partial charge is 0.475 e. The minimum Gasteiger partial charge on any atom is -0.475 e. The molecular weight excluding hydrogens is 304 g/mol. The summed E-state index contributed by atoms with van der Waals surface area (Å²) in [6.07, 6.45) is 1.44. The fourth-order valence-corrected chi connectivity index (χ4v) is 1.96. The number of ether oxygens (including phenoxy) is 4. The number of carbonyl (C=O) groups excluding carboxylic acids is 1. The van der Waals surface area contributed by atoms with Crippen molar-refractivity contribution in [1.82, 2.24) is 0 Å². The Morgan fingerprint density at radius 1 is 1.22 bits per heavy atom. The summed E-state index contributed by atoms with van der Waals surface area (Å²) in [5.41, 5.74) is 0.897. The predicted molar refractivity (Wildman–Crippen MR) is 78.2 cm³/mol. The maximum atomic E-state index is 12.0. The molecule has 124 valence electrons. The zero-order valence-electron chi connectivity index (χ0n) is 12.7. The van der Waals surface area contributed by atoms with Gasteiger partial charge < -0.3 is 24.1 Å². The molecule has 0 bridgehead atoms. The van der Waals surface area contributed by atoms with E-state index in [1.807, 2.05) is 30.3 Å². The molecule has 1 heterocycles. The molecule has 23 heavy (non-hydrogen) atoms. The molecule has 1 aromatic carbocycles. The zero-order valence-corrected chi connectivity index (χ0v) is 12.7. The summed E-state index contributed by atoms with van der Waals surface area (Å²) < 4.78 is 20.1. The van der Waals surface area contributed by atoms with Crippen LogP contribution in [0.3, 0.4) is 0 Å². The Kier molecular flexibility index (Phi) is 5.59. The monoisotopic (exact) mass is 322 g/mol. The molecule has 1 N–H and O–H groups in total. The van der Waals surface area contributed by atoms with E-state index < -0.39 is 17.7 Å². The number of carboxylic acids is 1. The number of hydrogen-bond acceptors (Lipinski definition) is 6. The highest BCUT2D eigenvalue weighted by Gasteiger charge is 2.57. The van der Waals surface area contributed by atoms with Crippen molar-refractivity contribution in [3.8, 4) is 0 Å². The average Bonchev–Trinajstić information content (AvgIpc) is 2.98. The van der Waals surface area contributed by atoms with Crippen LogP contribution in [0.1, 0.15) is 12.5 Å². The third-order valence-electron chi connectivity index (χ3n) is 3.07. The second-order valence-corrected chi connectivity index (χ2v) is 4.72. The molecule has 1 aliphatic heterocycles. The summed E-state index contributed by atoms with van der Waals surface area (Å²) in [6, 6.07) is 9.26. The molecule has 0 saturated carbocycles. The molecule has 7 nitrogen and oxygen atoms in total. The Morgan fingerprint density at radius 3 is 2.61 bits per heavy atom. The molecule has 0 aromatic heterocycles. The van der Waals surface area contributed by atoms with Gasteiger partial charge in [0.2, 0.25) is 0 Å². The van der Waals surface area contributed by atoms with Gasteiger partial charge in [-0.15, -0.1) is 0 Å². The Labute approximate surface area is 133 Å². The molecule has 0 saturated heterocycles. The van der Waals surface area contributed by atoms with Gasteiger partial charge in [-0.05, 0) is 12.5 Å². The van der Waals surface area contributed by atoms with E-state index in [2.05, 4.69) is 0 Å². The first-order valence-electron chi connectivity index (χ1n) is 7.16. The van der Waals surface area contributed by atoms with E-state index in [0.29, 0.717) is 13.0 Å². The van der Waals surface area contributed by atoms with Gasteiger partial charge in [-0.25, -0.2) is 9.59 Å². The SMILES string of the molecule is CCOCCOC(=O)C1(C(=O)O)OC=C(Cc2ccccc2)O1. The standard InChI is InChI=1S/C16H18O7/c1-2-20-8-9-21-15(19)16(14(17)18)22-11-13(23-16)10-12-6-4-3-5-7-12/h3-7,11H,2,8-10H2,1H3,(H,17,18). The quantitative estimate of drug-likeness (QED) is 0.440. The van der Waals surface area contributed by atoms with Crippen LogP contribution in [0.5, 0.6) is 0 Å². The average molecular weight is 322 g/mol. The Bertz CT molecular complexity index is 581. The Morgan fingerprint density at radius 2 is 1.96 bits per heavy atom. The number of aliphatic carboxylic acids is 1. The molecule has 0 spiro atoms. The van der Waals surface area contributed by atoms with Crippen LogP contribution in [0.15, 0.2) is 42.4 Å². The first kappa shape index (κ1) is 16.8. The van der Waals surface area contributed by atoms with Gasteiger partial charge in [0.25, 0.3) is 0 Å². The minimum atomic E-state index is -2.49. The van der Waals surface area contributed by atoms with E-state index in [-0.39, 0.29) is 19.0 Å². The fourth-order valence-electron chi connectivity index (χ4n) is 1.96. The molecule has 1 unspecified atom stereocenters. The third-order valence-corrected chi connectivity index (χ3v) is 3.07. The number of carboxylic acid groups (broad SMARTS) is 1. The van der Waals surface area contributed by atoms with Gasteiger partial charge in [-0.3, -0.25) is 0 Å². The van der Waals surface area contributed by atoms with Crippen LogP contribution in [0.2, 0.25) is 0 Å². The molecule has 0 aliphatic carbocycles. The number of hydrogen-bond donors (Lipinski definition) is 1. The normalized spacial score (nSPS) is 19.4. The van der Waals surface area contributed by atoms with Gasteiger partial charge in [0.1, 0.15) is 18.6 Å². The number of benzene rings is 1. The summed E-state index contributed by atoms with van der Waals surface area (Å²) in [4.78, 5) is 23.5. The minimum absolute atomic E-state index is 0.0809. The van der Waals surface area contributed by atoms with E-state index in [0.717, 1.165) is 11.8 Å². The van der Waals surface area contributed by atoms with Gasteiger partial charge in [0.15, 0.2) is 0 Å². The molecular formula is C16H18O7. The Balaban J connectivity index is 1.98. The predicted octanol–water partition coefficient (Wildman–Crippen LogP) is 1.48. The number of allylic oxidation sites excluding steroid dienone is 1. The number of rotatable bonds is 8. The van der Waals surface area contributed by atoms with Gasteiger partial charge >= 0.3 is 17.7 Å². The summed E-state index contributed by atoms with van der Waals surface area (Å²) >= 11 is 0. The van der Waals surface area contributed by atoms with E-state index in [4.69, 9.17) is 18.9 Å². The molecule has 0 amide bonds. The first-order valence-corrected chi connectivity index (χ1v) is 7.16. The third kappa shape index (κ3) is 4.01. The number of esters is 1. The van der Waals surface area contributed by atoms with Crippen molar-refractivity contribution >= 4 is 11.9 Å². The summed E-state index contributed by atoms with van der Waals surface area (Å²) in [6.45, 7) is 2.35. The van der Waals surface area contributed by atoms with Gasteiger partial charge in [-0.2, -0.15) is 0 Å². The van der Waals surface area contributed by atoms with Gasteiger partial charge in [0.05, 0.1) is 6.61 Å². The van der Waals surface area contributed by atoms with Crippen molar-refractivity contribution in [1.29, 1.82) is 0 Å². The molecule has 0 fully saturated rings. The molecule has 7 heteroatoms. The zero-order chi connectivity index (χ0) is 16.7. The van der Waals surface area contributed by atoms with Crippen molar-refractivity contribution in [3.63, 3.8) is 0 Å². The number of carbonyl (C=O) groups is 2. The summed E-state index contributed by atoms with van der Waals surface area (Å²) in [7, 11) is 0. The van der Waals surface area contributed by atoms with Gasteiger partial charge in [0, 0.05) is 13.0 Å². The smallest absolute Gasteiger partial charge is 0.452 e. The highest BCUT2D eigenvalue weighted by Crippen LogP contribution is 2.29. The summed E-state index contributed by atoms with van der Waals surface area (Å²) in [5.74, 6) is -4.95. The van der Waals surface area contributed by atoms with Crippen LogP contribution in [0, 0.1) is 0 Å². The van der Waals surface area contributed by atoms with Crippen molar-refractivity contribution < 1.29 is 33.6 Å². The van der Waals surface area contributed by atoms with Crippen molar-refractivity contribution in [2.24, 2.45) is 0 Å². The second kappa shape index (κ2) is 7.64. The van der Waals surface area contributed by atoms with Crippen LogP contribution in [-0.4, -0.2) is 42.7 Å². The Hall–Kier alpha value is -2.54. The fraction of sp³-hybridized carbons (Fsp3) is 0.375. The molecule has 0 radical (unpaired) electrons. The van der Waals surface area contributed by atoms with E-state index in [9.17, 15) is 14.7 Å².